The molecular weight excluding hydrogens is 386 g/mol. The lowest BCUT2D eigenvalue weighted by Gasteiger charge is -2.15. The molecule has 152 valence electrons. The smallest absolute Gasteiger partial charge is 0.243 e. The Labute approximate surface area is 171 Å². The molecule has 7 heteroatoms. The largest absolute Gasteiger partial charge is 0.350 e. The van der Waals surface area contributed by atoms with E-state index in [1.807, 2.05) is 48.0 Å². The summed E-state index contributed by atoms with van der Waals surface area (Å²) in [5.74, 6) is -0.0863. The van der Waals surface area contributed by atoms with Gasteiger partial charge in [0.15, 0.2) is 0 Å². The molecule has 1 aromatic heterocycles. The summed E-state index contributed by atoms with van der Waals surface area (Å²) >= 11 is 0. The van der Waals surface area contributed by atoms with E-state index in [1.54, 1.807) is 22.5 Å². The van der Waals surface area contributed by atoms with Gasteiger partial charge in [-0.2, -0.15) is 4.31 Å². The lowest BCUT2D eigenvalue weighted by atomic mass is 10.1. The number of rotatable bonds is 6. The number of nitrogens with one attached hydrogen (secondary N) is 1. The molecule has 0 unspecified atom stereocenters. The first-order valence-electron chi connectivity index (χ1n) is 9.85. The van der Waals surface area contributed by atoms with Gasteiger partial charge < -0.3 is 9.88 Å². The lowest BCUT2D eigenvalue weighted by molar-refractivity contribution is -0.121. The summed E-state index contributed by atoms with van der Waals surface area (Å²) in [4.78, 5) is 12.7. The molecule has 1 aliphatic rings. The summed E-state index contributed by atoms with van der Waals surface area (Å²) in [7, 11) is -3.44. The van der Waals surface area contributed by atoms with Crippen LogP contribution in [0.25, 0.3) is 10.9 Å². The molecule has 0 aliphatic carbocycles. The van der Waals surface area contributed by atoms with Crippen molar-refractivity contribution < 1.29 is 13.2 Å². The number of carbonyl (C=O) groups is 1. The minimum Gasteiger partial charge on any atom is -0.350 e. The predicted molar refractivity (Wildman–Crippen MR) is 113 cm³/mol. The second-order valence-corrected chi connectivity index (χ2v) is 9.48. The third-order valence-corrected chi connectivity index (χ3v) is 7.26. The monoisotopic (exact) mass is 411 g/mol. The van der Waals surface area contributed by atoms with Crippen LogP contribution in [0.3, 0.4) is 0 Å². The van der Waals surface area contributed by atoms with E-state index >= 15 is 0 Å². The lowest BCUT2D eigenvalue weighted by Crippen LogP contribution is -2.28. The molecule has 0 radical (unpaired) electrons. The van der Waals surface area contributed by atoms with Gasteiger partial charge in [-0.25, -0.2) is 8.42 Å². The second-order valence-electron chi connectivity index (χ2n) is 7.54. The molecule has 0 atom stereocenters. The van der Waals surface area contributed by atoms with Crippen molar-refractivity contribution in [3.63, 3.8) is 0 Å². The number of aromatic nitrogens is 1. The summed E-state index contributed by atoms with van der Waals surface area (Å²) in [5.41, 5.74) is 3.08. The molecule has 4 rings (SSSR count). The maximum atomic E-state index is 12.8. The van der Waals surface area contributed by atoms with Gasteiger partial charge in [-0.1, -0.05) is 29.8 Å². The van der Waals surface area contributed by atoms with E-state index in [0.29, 0.717) is 24.5 Å². The number of nitrogens with zero attached hydrogens (tertiary/aromatic N) is 2. The van der Waals surface area contributed by atoms with Gasteiger partial charge in [-0.05, 0) is 49.6 Å². The minimum atomic E-state index is -3.44. The number of carbonyl (C=O) groups excluding carboxylic acids is 1. The molecule has 1 saturated heterocycles. The van der Waals surface area contributed by atoms with Crippen LogP contribution < -0.4 is 5.32 Å². The van der Waals surface area contributed by atoms with Gasteiger partial charge in [0.1, 0.15) is 6.54 Å². The number of hydrogen-bond donors (Lipinski definition) is 1. The van der Waals surface area contributed by atoms with Crippen LogP contribution in [0.4, 0.5) is 0 Å². The first kappa shape index (κ1) is 19.7. The second kappa shape index (κ2) is 8.00. The number of sulfonamides is 1. The van der Waals surface area contributed by atoms with Gasteiger partial charge in [0.05, 0.1) is 4.90 Å². The maximum Gasteiger partial charge on any atom is 0.243 e. The molecule has 3 aromatic rings. The van der Waals surface area contributed by atoms with Gasteiger partial charge in [-0.3, -0.25) is 4.79 Å². The van der Waals surface area contributed by atoms with E-state index in [9.17, 15) is 13.2 Å². The average molecular weight is 412 g/mol. The van der Waals surface area contributed by atoms with Crippen molar-refractivity contribution in [1.29, 1.82) is 0 Å². The van der Waals surface area contributed by atoms with Gasteiger partial charge in [0.2, 0.25) is 15.9 Å². The summed E-state index contributed by atoms with van der Waals surface area (Å²) in [6.45, 7) is 3.87. The predicted octanol–water partition coefficient (Wildman–Crippen LogP) is 3.05. The fraction of sp³-hybridized carbons (Fsp3) is 0.318. The van der Waals surface area contributed by atoms with Gasteiger partial charge >= 0.3 is 0 Å². The highest BCUT2D eigenvalue weighted by atomic mass is 32.2. The van der Waals surface area contributed by atoms with Crippen LogP contribution in [-0.2, 0) is 27.9 Å². The summed E-state index contributed by atoms with van der Waals surface area (Å²) in [6.07, 6.45) is 3.65. The topological polar surface area (TPSA) is 71.4 Å². The van der Waals surface area contributed by atoms with E-state index in [1.165, 1.54) is 5.56 Å². The Balaban J connectivity index is 1.46. The van der Waals surface area contributed by atoms with E-state index in [2.05, 4.69) is 5.32 Å². The SMILES string of the molecule is Cc1ccc(CNC(=O)Cn2ccc3cc(S(=O)(=O)N4CCCC4)ccc32)cc1. The zero-order valence-electron chi connectivity index (χ0n) is 16.5. The van der Waals surface area contributed by atoms with Crippen molar-refractivity contribution in [1.82, 2.24) is 14.2 Å². The van der Waals surface area contributed by atoms with Crippen molar-refractivity contribution >= 4 is 26.8 Å². The Morgan fingerprint density at radius 1 is 1.03 bits per heavy atom. The molecule has 1 N–H and O–H groups in total. The molecule has 29 heavy (non-hydrogen) atoms. The van der Waals surface area contributed by atoms with E-state index in [0.717, 1.165) is 29.3 Å². The quantitative estimate of drug-likeness (QED) is 0.678. The first-order valence-corrected chi connectivity index (χ1v) is 11.3. The molecular formula is C22H25N3O3S. The van der Waals surface area contributed by atoms with Gasteiger partial charge in [0, 0.05) is 36.7 Å². The first-order chi connectivity index (χ1) is 13.9. The zero-order chi connectivity index (χ0) is 20.4. The van der Waals surface area contributed by atoms with E-state index in [-0.39, 0.29) is 12.5 Å². The van der Waals surface area contributed by atoms with Crippen LogP contribution in [0.2, 0.25) is 0 Å². The molecule has 2 aromatic carbocycles. The van der Waals surface area contributed by atoms with Crippen LogP contribution in [0.5, 0.6) is 0 Å². The zero-order valence-corrected chi connectivity index (χ0v) is 17.3. The number of benzene rings is 2. The van der Waals surface area contributed by atoms with E-state index in [4.69, 9.17) is 0 Å². The Morgan fingerprint density at radius 3 is 2.48 bits per heavy atom. The molecule has 1 amide bonds. The van der Waals surface area contributed by atoms with Gasteiger partial charge in [0.25, 0.3) is 0 Å². The average Bonchev–Trinajstić information content (AvgIpc) is 3.38. The van der Waals surface area contributed by atoms with Crippen molar-refractivity contribution in [2.75, 3.05) is 13.1 Å². The third-order valence-electron chi connectivity index (χ3n) is 5.37. The summed E-state index contributed by atoms with van der Waals surface area (Å²) < 4.78 is 28.9. The molecule has 1 aliphatic heterocycles. The Kier molecular flexibility index (Phi) is 5.43. The standard InChI is InChI=1S/C22H25N3O3S/c1-17-4-6-18(7-5-17)15-23-22(26)16-24-13-10-19-14-20(8-9-21(19)24)29(27,28)25-11-2-3-12-25/h4-10,13-14H,2-3,11-12,15-16H2,1H3,(H,23,26). The van der Waals surface area contributed by atoms with Crippen molar-refractivity contribution in [2.45, 2.75) is 37.8 Å². The number of aryl methyl sites for hydroxylation is 1. The molecule has 0 saturated carbocycles. The minimum absolute atomic E-state index is 0.0863. The molecule has 6 nitrogen and oxygen atoms in total. The highest BCUT2D eigenvalue weighted by Gasteiger charge is 2.27. The van der Waals surface area contributed by atoms with Crippen LogP contribution in [0.15, 0.2) is 59.6 Å². The normalized spacial score (nSPS) is 15.1. The number of hydrogen-bond acceptors (Lipinski definition) is 3. The van der Waals surface area contributed by atoms with Gasteiger partial charge in [-0.15, -0.1) is 0 Å². The number of fused-ring (bicyclic) bond motifs is 1. The fourth-order valence-electron chi connectivity index (χ4n) is 3.67. The summed E-state index contributed by atoms with van der Waals surface area (Å²) in [5, 5.41) is 3.75. The van der Waals surface area contributed by atoms with Crippen LogP contribution in [0.1, 0.15) is 24.0 Å². The summed E-state index contributed by atoms with van der Waals surface area (Å²) in [6, 6.07) is 15.0. The van der Waals surface area contributed by atoms with Crippen LogP contribution in [0, 0.1) is 6.92 Å². The Bertz CT molecular complexity index is 1130. The van der Waals surface area contributed by atoms with Crippen molar-refractivity contribution in [3.8, 4) is 0 Å². The van der Waals surface area contributed by atoms with Crippen molar-refractivity contribution in [2.24, 2.45) is 0 Å². The Morgan fingerprint density at radius 2 is 1.76 bits per heavy atom. The number of amides is 1. The van der Waals surface area contributed by atoms with E-state index < -0.39 is 10.0 Å². The fourth-order valence-corrected chi connectivity index (χ4v) is 5.22. The molecule has 0 spiro atoms. The van der Waals surface area contributed by atoms with Crippen LogP contribution in [-0.4, -0.2) is 36.3 Å². The van der Waals surface area contributed by atoms with Crippen molar-refractivity contribution in [3.05, 3.63) is 65.9 Å². The highest BCUT2D eigenvalue weighted by molar-refractivity contribution is 7.89. The molecule has 0 bridgehead atoms. The Hall–Kier alpha value is -2.64. The molecule has 2 heterocycles. The third kappa shape index (κ3) is 4.21. The maximum absolute atomic E-state index is 12.8. The molecule has 1 fully saturated rings. The highest BCUT2D eigenvalue weighted by Crippen LogP contribution is 2.25. The van der Waals surface area contributed by atoms with Crippen LogP contribution >= 0.6 is 0 Å².